The van der Waals surface area contributed by atoms with Gasteiger partial charge < -0.3 is 10.0 Å². The number of rotatable bonds is 3. The Morgan fingerprint density at radius 2 is 1.90 bits per heavy atom. The number of thioether (sulfide) groups is 1. The molecule has 1 fully saturated rings. The van der Waals surface area contributed by atoms with Gasteiger partial charge >= 0.3 is 5.97 Å². The number of carboxylic acid groups (broad SMARTS) is 1. The normalized spacial score (nSPS) is 21.6. The lowest BCUT2D eigenvalue weighted by Crippen LogP contribution is -2.45. The Balaban J connectivity index is 2.39. The molecule has 0 spiro atoms. The van der Waals surface area contributed by atoms with Gasteiger partial charge in [-0.15, -0.1) is 11.8 Å². The number of carboxylic acids is 1. The van der Waals surface area contributed by atoms with E-state index in [-0.39, 0.29) is 5.75 Å². The molecule has 1 aromatic carbocycles. The summed E-state index contributed by atoms with van der Waals surface area (Å²) in [5.74, 6) is -6.43. The zero-order chi connectivity index (χ0) is 15.7. The van der Waals surface area contributed by atoms with E-state index in [0.29, 0.717) is 18.6 Å². The molecule has 0 aromatic heterocycles. The quantitative estimate of drug-likeness (QED) is 0.870. The first-order valence-electron chi connectivity index (χ1n) is 6.18. The minimum Gasteiger partial charge on any atom is -0.480 e. The molecule has 8 heteroatoms. The van der Waals surface area contributed by atoms with Gasteiger partial charge in [0.05, 0.1) is 5.37 Å². The summed E-state index contributed by atoms with van der Waals surface area (Å²) in [6.07, 6.45) is 0.492. The van der Waals surface area contributed by atoms with Crippen LogP contribution >= 0.6 is 11.8 Å². The number of halogens is 3. The van der Waals surface area contributed by atoms with Gasteiger partial charge in [-0.2, -0.15) is 0 Å². The maximum atomic E-state index is 13.2. The summed E-state index contributed by atoms with van der Waals surface area (Å²) in [4.78, 5) is 24.6. The van der Waals surface area contributed by atoms with E-state index < -0.39 is 46.3 Å². The van der Waals surface area contributed by atoms with Crippen LogP contribution in [-0.4, -0.2) is 39.1 Å². The van der Waals surface area contributed by atoms with Crippen LogP contribution in [0.2, 0.25) is 0 Å². The van der Waals surface area contributed by atoms with Gasteiger partial charge in [0.1, 0.15) is 6.04 Å². The van der Waals surface area contributed by atoms with Crippen molar-refractivity contribution >= 4 is 23.6 Å². The second-order valence-electron chi connectivity index (χ2n) is 4.52. The van der Waals surface area contributed by atoms with E-state index in [1.54, 1.807) is 6.92 Å². The van der Waals surface area contributed by atoms with E-state index in [9.17, 15) is 22.8 Å². The average molecular weight is 319 g/mol. The molecule has 1 aliphatic rings. The van der Waals surface area contributed by atoms with Crippen LogP contribution in [0.25, 0.3) is 0 Å². The number of hydrogen-bond donors (Lipinski definition) is 1. The largest absolute Gasteiger partial charge is 0.480 e. The number of aliphatic carboxylic acids is 1. The number of amides is 1. The second kappa shape index (κ2) is 5.97. The predicted molar refractivity (Wildman–Crippen MR) is 70.4 cm³/mol. The summed E-state index contributed by atoms with van der Waals surface area (Å²) >= 11 is 1.28. The van der Waals surface area contributed by atoms with Crippen LogP contribution in [0.1, 0.15) is 23.7 Å². The van der Waals surface area contributed by atoms with Gasteiger partial charge in [-0.05, 0) is 18.6 Å². The molecule has 1 aliphatic heterocycles. The highest BCUT2D eigenvalue weighted by molar-refractivity contribution is 8.00. The molecule has 0 aliphatic carbocycles. The molecule has 2 atom stereocenters. The minimum absolute atomic E-state index is 0.200. The maximum Gasteiger partial charge on any atom is 0.327 e. The molecular weight excluding hydrogens is 307 g/mol. The molecule has 1 N–H and O–H groups in total. The summed E-state index contributed by atoms with van der Waals surface area (Å²) in [6.45, 7) is 1.77. The third kappa shape index (κ3) is 2.85. The Morgan fingerprint density at radius 3 is 2.38 bits per heavy atom. The van der Waals surface area contributed by atoms with E-state index in [1.165, 1.54) is 11.8 Å². The van der Waals surface area contributed by atoms with Crippen molar-refractivity contribution in [1.82, 2.24) is 4.90 Å². The predicted octanol–water partition coefficient (Wildman–Crippen LogP) is 2.48. The Morgan fingerprint density at radius 1 is 1.33 bits per heavy atom. The highest BCUT2D eigenvalue weighted by Crippen LogP contribution is 2.33. The average Bonchev–Trinajstić information content (AvgIpc) is 2.87. The van der Waals surface area contributed by atoms with E-state index in [0.717, 1.165) is 4.90 Å². The third-order valence-electron chi connectivity index (χ3n) is 3.19. The van der Waals surface area contributed by atoms with Crippen LogP contribution in [-0.2, 0) is 4.79 Å². The fourth-order valence-corrected chi connectivity index (χ4v) is 3.52. The van der Waals surface area contributed by atoms with E-state index >= 15 is 0 Å². The van der Waals surface area contributed by atoms with Crippen LogP contribution in [0.3, 0.4) is 0 Å². The topological polar surface area (TPSA) is 57.6 Å². The summed E-state index contributed by atoms with van der Waals surface area (Å²) in [5, 5.41) is 8.74. The number of hydrogen-bond acceptors (Lipinski definition) is 3. The van der Waals surface area contributed by atoms with Crippen molar-refractivity contribution in [2.24, 2.45) is 0 Å². The van der Waals surface area contributed by atoms with Gasteiger partial charge in [-0.3, -0.25) is 4.79 Å². The summed E-state index contributed by atoms with van der Waals surface area (Å²) in [7, 11) is 0. The first-order valence-corrected chi connectivity index (χ1v) is 7.23. The Hall–Kier alpha value is -1.70. The first kappa shape index (κ1) is 15.7. The van der Waals surface area contributed by atoms with E-state index in [2.05, 4.69) is 0 Å². The fraction of sp³-hybridized carbons (Fsp3) is 0.385. The zero-order valence-electron chi connectivity index (χ0n) is 11.0. The number of carbonyl (C=O) groups excluding carboxylic acids is 1. The molecule has 4 nitrogen and oxygen atoms in total. The number of nitrogens with zero attached hydrogens (tertiary/aromatic N) is 1. The smallest absolute Gasteiger partial charge is 0.327 e. The van der Waals surface area contributed by atoms with Crippen LogP contribution < -0.4 is 0 Å². The molecule has 21 heavy (non-hydrogen) atoms. The molecular formula is C13H12F3NO3S. The highest BCUT2D eigenvalue weighted by atomic mass is 32.2. The number of benzene rings is 1. The highest BCUT2D eigenvalue weighted by Gasteiger charge is 2.41. The molecule has 0 radical (unpaired) electrons. The lowest BCUT2D eigenvalue weighted by atomic mass is 10.1. The minimum atomic E-state index is -1.66. The third-order valence-corrected chi connectivity index (χ3v) is 4.65. The summed E-state index contributed by atoms with van der Waals surface area (Å²) in [6, 6.07) is 0.0914. The molecule has 0 saturated carbocycles. The van der Waals surface area contributed by atoms with Gasteiger partial charge in [-0.1, -0.05) is 6.92 Å². The van der Waals surface area contributed by atoms with Crippen LogP contribution in [0.5, 0.6) is 0 Å². The Kier molecular flexibility index (Phi) is 4.46. The van der Waals surface area contributed by atoms with E-state index in [4.69, 9.17) is 5.11 Å². The van der Waals surface area contributed by atoms with Crippen molar-refractivity contribution in [3.8, 4) is 0 Å². The van der Waals surface area contributed by atoms with Crippen molar-refractivity contribution < 1.29 is 27.9 Å². The van der Waals surface area contributed by atoms with Crippen LogP contribution in [0.4, 0.5) is 13.2 Å². The summed E-state index contributed by atoms with van der Waals surface area (Å²) in [5.41, 5.74) is -0.404. The van der Waals surface area contributed by atoms with Crippen LogP contribution in [0.15, 0.2) is 12.1 Å². The van der Waals surface area contributed by atoms with Crippen molar-refractivity contribution in [3.63, 3.8) is 0 Å². The second-order valence-corrected chi connectivity index (χ2v) is 5.73. The van der Waals surface area contributed by atoms with Crippen molar-refractivity contribution in [3.05, 3.63) is 35.1 Å². The summed E-state index contributed by atoms with van der Waals surface area (Å²) < 4.78 is 39.4. The zero-order valence-corrected chi connectivity index (χ0v) is 11.8. The molecule has 1 aromatic rings. The molecule has 2 unspecified atom stereocenters. The standard InChI is InChI=1S/C13H12F3NO3S/c1-2-10-17(9(5-21-10)13(19)20)12(18)6-3-7(14)11(16)8(15)4-6/h3-4,9-10H,2,5H2,1H3,(H,19,20). The molecule has 0 bridgehead atoms. The monoisotopic (exact) mass is 319 g/mol. The van der Waals surface area contributed by atoms with Crippen LogP contribution in [0, 0.1) is 17.5 Å². The Labute approximate surface area is 122 Å². The van der Waals surface area contributed by atoms with Gasteiger partial charge in [0.25, 0.3) is 5.91 Å². The SMILES string of the molecule is CCC1SCC(C(=O)O)N1C(=O)c1cc(F)c(F)c(F)c1. The maximum absolute atomic E-state index is 13.2. The Bertz CT molecular complexity index is 573. The molecule has 2 rings (SSSR count). The molecule has 1 amide bonds. The van der Waals surface area contributed by atoms with Crippen molar-refractivity contribution in [1.29, 1.82) is 0 Å². The fourth-order valence-electron chi connectivity index (χ4n) is 2.17. The number of carbonyl (C=O) groups is 2. The molecule has 1 heterocycles. The lowest BCUT2D eigenvalue weighted by Gasteiger charge is -2.26. The van der Waals surface area contributed by atoms with Gasteiger partial charge in [-0.25, -0.2) is 18.0 Å². The van der Waals surface area contributed by atoms with Gasteiger partial charge in [0, 0.05) is 11.3 Å². The molecule has 114 valence electrons. The van der Waals surface area contributed by atoms with Crippen molar-refractivity contribution in [2.45, 2.75) is 24.8 Å². The van der Waals surface area contributed by atoms with Gasteiger partial charge in [0.2, 0.25) is 0 Å². The van der Waals surface area contributed by atoms with Gasteiger partial charge in [0.15, 0.2) is 17.5 Å². The van der Waals surface area contributed by atoms with Crippen molar-refractivity contribution in [2.75, 3.05) is 5.75 Å². The first-order chi connectivity index (χ1) is 9.86. The lowest BCUT2D eigenvalue weighted by molar-refractivity contribution is -0.141. The van der Waals surface area contributed by atoms with E-state index in [1.807, 2.05) is 0 Å². The molecule has 1 saturated heterocycles.